The molecule has 1 unspecified atom stereocenters. The van der Waals surface area contributed by atoms with Crippen molar-refractivity contribution < 1.29 is 0 Å². The van der Waals surface area contributed by atoms with Gasteiger partial charge in [-0.1, -0.05) is 36.8 Å². The van der Waals surface area contributed by atoms with Crippen LogP contribution in [0.2, 0.25) is 0 Å². The van der Waals surface area contributed by atoms with E-state index in [0.717, 1.165) is 12.1 Å². The van der Waals surface area contributed by atoms with Crippen LogP contribution in [0.15, 0.2) is 29.3 Å². The summed E-state index contributed by atoms with van der Waals surface area (Å²) >= 11 is 5.79. The lowest BCUT2D eigenvalue weighted by molar-refractivity contribution is 0.814. The molecule has 0 spiro atoms. The number of nitrogens with zero attached hydrogens (tertiary/aromatic N) is 1. The number of alkyl halides is 1. The van der Waals surface area contributed by atoms with Crippen LogP contribution in [-0.4, -0.2) is 11.6 Å². The minimum absolute atomic E-state index is 0.208. The molecule has 15 heavy (non-hydrogen) atoms. The minimum atomic E-state index is 0.208. The maximum Gasteiger partial charge on any atom is 0.0720 e. The van der Waals surface area contributed by atoms with E-state index in [1.165, 1.54) is 11.1 Å². The van der Waals surface area contributed by atoms with Crippen molar-refractivity contribution in [2.45, 2.75) is 33.2 Å². The molecule has 1 aromatic rings. The molecule has 0 aliphatic carbocycles. The first-order chi connectivity index (χ1) is 7.17. The van der Waals surface area contributed by atoms with Crippen molar-refractivity contribution in [2.24, 2.45) is 4.99 Å². The molecule has 2 heteroatoms. The molecule has 1 rings (SSSR count). The smallest absolute Gasteiger partial charge is 0.0720 e. The monoisotopic (exact) mass is 223 g/mol. The van der Waals surface area contributed by atoms with Crippen molar-refractivity contribution in [3.8, 4) is 0 Å². The van der Waals surface area contributed by atoms with Gasteiger partial charge in [0.1, 0.15) is 0 Å². The molecule has 0 aliphatic rings. The van der Waals surface area contributed by atoms with Crippen LogP contribution in [0, 0.1) is 6.92 Å². The average Bonchev–Trinajstić information content (AvgIpc) is 2.26. The summed E-state index contributed by atoms with van der Waals surface area (Å²) in [7, 11) is 0. The molecule has 0 heterocycles. The van der Waals surface area contributed by atoms with Crippen molar-refractivity contribution in [1.82, 2.24) is 0 Å². The normalized spacial score (nSPS) is 14.0. The Bertz CT molecular complexity index is 321. The second kappa shape index (κ2) is 5.92. The summed E-state index contributed by atoms with van der Waals surface area (Å²) in [5.74, 6) is 0.534. The molecule has 0 radical (unpaired) electrons. The second-order valence-electron chi connectivity index (χ2n) is 3.77. The van der Waals surface area contributed by atoms with Crippen LogP contribution in [0.5, 0.6) is 0 Å². The number of rotatable bonds is 4. The standard InChI is InChI=1S/C13H18ClN/c1-4-13(9-14)15-11(3)12-7-5-10(2)6-8-12/h5-8,11H,4,9H2,1-3H3. The summed E-state index contributed by atoms with van der Waals surface area (Å²) in [6.45, 7) is 6.28. The fourth-order valence-corrected chi connectivity index (χ4v) is 1.67. The third kappa shape index (κ3) is 3.67. The lowest BCUT2D eigenvalue weighted by Crippen LogP contribution is -2.01. The molecule has 0 amide bonds. The number of halogens is 1. The van der Waals surface area contributed by atoms with Crippen LogP contribution < -0.4 is 0 Å². The maximum atomic E-state index is 5.79. The third-order valence-electron chi connectivity index (χ3n) is 2.50. The molecule has 0 saturated carbocycles. The molecule has 0 N–H and O–H groups in total. The van der Waals surface area contributed by atoms with Crippen molar-refractivity contribution in [3.05, 3.63) is 35.4 Å². The number of aryl methyl sites for hydroxylation is 1. The van der Waals surface area contributed by atoms with Gasteiger partial charge in [0.25, 0.3) is 0 Å². The molecule has 0 saturated heterocycles. The van der Waals surface area contributed by atoms with Gasteiger partial charge < -0.3 is 0 Å². The molecule has 82 valence electrons. The van der Waals surface area contributed by atoms with Gasteiger partial charge in [-0.3, -0.25) is 4.99 Å². The fourth-order valence-electron chi connectivity index (χ4n) is 1.41. The van der Waals surface area contributed by atoms with Crippen LogP contribution in [0.25, 0.3) is 0 Å². The highest BCUT2D eigenvalue weighted by molar-refractivity contribution is 6.28. The van der Waals surface area contributed by atoms with E-state index in [1.807, 2.05) is 0 Å². The van der Waals surface area contributed by atoms with E-state index in [1.54, 1.807) is 0 Å². The van der Waals surface area contributed by atoms with Crippen LogP contribution >= 0.6 is 11.6 Å². The predicted molar refractivity (Wildman–Crippen MR) is 68.0 cm³/mol. The third-order valence-corrected chi connectivity index (χ3v) is 2.81. The Morgan fingerprint density at radius 2 is 1.93 bits per heavy atom. The fraction of sp³-hybridized carbons (Fsp3) is 0.462. The van der Waals surface area contributed by atoms with Gasteiger partial charge in [0.2, 0.25) is 0 Å². The predicted octanol–water partition coefficient (Wildman–Crippen LogP) is 4.15. The first kappa shape index (κ1) is 12.3. The summed E-state index contributed by atoms with van der Waals surface area (Å²) in [6.07, 6.45) is 0.930. The Morgan fingerprint density at radius 1 is 1.33 bits per heavy atom. The molecule has 0 fully saturated rings. The van der Waals surface area contributed by atoms with E-state index in [-0.39, 0.29) is 6.04 Å². The number of hydrogen-bond acceptors (Lipinski definition) is 1. The number of aliphatic imine (C=N–C) groups is 1. The maximum absolute atomic E-state index is 5.79. The Morgan fingerprint density at radius 3 is 2.40 bits per heavy atom. The molecule has 0 aliphatic heterocycles. The highest BCUT2D eigenvalue weighted by atomic mass is 35.5. The highest BCUT2D eigenvalue weighted by Gasteiger charge is 2.03. The van der Waals surface area contributed by atoms with Gasteiger partial charge in [0.15, 0.2) is 0 Å². The summed E-state index contributed by atoms with van der Waals surface area (Å²) in [5.41, 5.74) is 3.60. The zero-order valence-electron chi connectivity index (χ0n) is 9.63. The lowest BCUT2D eigenvalue weighted by atomic mass is 10.1. The number of hydrogen-bond donors (Lipinski definition) is 0. The van der Waals surface area contributed by atoms with Crippen molar-refractivity contribution in [2.75, 3.05) is 5.88 Å². The quantitative estimate of drug-likeness (QED) is 0.537. The lowest BCUT2D eigenvalue weighted by Gasteiger charge is -2.09. The topological polar surface area (TPSA) is 12.4 Å². The largest absolute Gasteiger partial charge is 0.285 e. The van der Waals surface area contributed by atoms with Gasteiger partial charge >= 0.3 is 0 Å². The summed E-state index contributed by atoms with van der Waals surface area (Å²) < 4.78 is 0. The van der Waals surface area contributed by atoms with Crippen LogP contribution in [0.3, 0.4) is 0 Å². The molecule has 0 aromatic heterocycles. The zero-order valence-corrected chi connectivity index (χ0v) is 10.4. The molecule has 1 atom stereocenters. The van der Waals surface area contributed by atoms with Gasteiger partial charge in [-0.2, -0.15) is 0 Å². The van der Waals surface area contributed by atoms with Gasteiger partial charge in [-0.25, -0.2) is 0 Å². The van der Waals surface area contributed by atoms with E-state index in [2.05, 4.69) is 50.0 Å². The van der Waals surface area contributed by atoms with Crippen LogP contribution in [0.4, 0.5) is 0 Å². The highest BCUT2D eigenvalue weighted by Crippen LogP contribution is 2.17. The zero-order chi connectivity index (χ0) is 11.3. The van der Waals surface area contributed by atoms with Crippen LogP contribution in [-0.2, 0) is 0 Å². The summed E-state index contributed by atoms with van der Waals surface area (Å²) in [4.78, 5) is 4.60. The molecular formula is C13H18ClN. The Hall–Kier alpha value is -0.820. The van der Waals surface area contributed by atoms with Crippen molar-refractivity contribution in [3.63, 3.8) is 0 Å². The number of benzene rings is 1. The van der Waals surface area contributed by atoms with Gasteiger partial charge in [-0.15, -0.1) is 11.6 Å². The Labute approximate surface area is 97.2 Å². The summed E-state index contributed by atoms with van der Waals surface area (Å²) in [6, 6.07) is 8.71. The minimum Gasteiger partial charge on any atom is -0.285 e. The van der Waals surface area contributed by atoms with Gasteiger partial charge in [0.05, 0.1) is 11.9 Å². The van der Waals surface area contributed by atoms with E-state index >= 15 is 0 Å². The first-order valence-electron chi connectivity index (χ1n) is 5.35. The Kier molecular flexibility index (Phi) is 4.83. The SMILES string of the molecule is CCC(CCl)=NC(C)c1ccc(C)cc1. The van der Waals surface area contributed by atoms with E-state index in [4.69, 9.17) is 11.6 Å². The van der Waals surface area contributed by atoms with E-state index < -0.39 is 0 Å². The molecule has 0 bridgehead atoms. The van der Waals surface area contributed by atoms with Gasteiger partial charge in [0, 0.05) is 5.71 Å². The molecule has 1 aromatic carbocycles. The first-order valence-corrected chi connectivity index (χ1v) is 5.89. The van der Waals surface area contributed by atoms with E-state index in [9.17, 15) is 0 Å². The van der Waals surface area contributed by atoms with Crippen LogP contribution in [0.1, 0.15) is 37.4 Å². The van der Waals surface area contributed by atoms with Crippen molar-refractivity contribution >= 4 is 17.3 Å². The van der Waals surface area contributed by atoms with Gasteiger partial charge in [-0.05, 0) is 25.8 Å². The molecule has 1 nitrogen and oxygen atoms in total. The van der Waals surface area contributed by atoms with E-state index in [0.29, 0.717) is 5.88 Å². The Balaban J connectivity index is 2.80. The summed E-state index contributed by atoms with van der Waals surface area (Å²) in [5, 5.41) is 0. The average molecular weight is 224 g/mol. The second-order valence-corrected chi connectivity index (χ2v) is 4.04. The van der Waals surface area contributed by atoms with Crippen molar-refractivity contribution in [1.29, 1.82) is 0 Å². The molecular weight excluding hydrogens is 206 g/mol.